The number of carbonyl (C=O) groups is 1. The monoisotopic (exact) mass is 235 g/mol. The molecule has 1 fully saturated rings. The second-order valence-corrected chi connectivity index (χ2v) is 4.07. The summed E-state index contributed by atoms with van der Waals surface area (Å²) in [5.41, 5.74) is 2.80. The minimum absolute atomic E-state index is 0.242. The number of nitrogens with zero attached hydrogens (tertiary/aromatic N) is 3. The molecule has 2 heterocycles. The number of hydrogen-bond donors (Lipinski definition) is 2. The van der Waals surface area contributed by atoms with Gasteiger partial charge in [-0.25, -0.2) is 14.8 Å². The van der Waals surface area contributed by atoms with Gasteiger partial charge in [0.1, 0.15) is 5.82 Å². The summed E-state index contributed by atoms with van der Waals surface area (Å²) >= 11 is 0. The largest absolute Gasteiger partial charge is 0.334 e. The van der Waals surface area contributed by atoms with Gasteiger partial charge in [-0.1, -0.05) is 6.07 Å². The highest BCUT2D eigenvalue weighted by molar-refractivity contribution is 5.87. The number of anilines is 1. The van der Waals surface area contributed by atoms with Crippen LogP contribution in [0.5, 0.6) is 0 Å². The fraction of sp³-hybridized carbons (Fsp3) is 0.455. The van der Waals surface area contributed by atoms with E-state index in [1.54, 1.807) is 12.3 Å². The topological polar surface area (TPSA) is 60.5 Å². The van der Waals surface area contributed by atoms with Crippen LogP contribution < -0.4 is 10.7 Å². The zero-order chi connectivity index (χ0) is 12.1. The van der Waals surface area contributed by atoms with E-state index in [0.29, 0.717) is 5.82 Å². The van der Waals surface area contributed by atoms with Crippen molar-refractivity contribution in [3.63, 3.8) is 0 Å². The molecule has 0 saturated carbocycles. The number of aromatic nitrogens is 1. The fourth-order valence-corrected chi connectivity index (χ4v) is 1.64. The molecular weight excluding hydrogens is 218 g/mol. The van der Waals surface area contributed by atoms with Gasteiger partial charge in [-0.2, -0.15) is 0 Å². The van der Waals surface area contributed by atoms with E-state index in [4.69, 9.17) is 0 Å². The molecule has 2 N–H and O–H groups in total. The minimum Gasteiger partial charge on any atom is -0.304 e. The van der Waals surface area contributed by atoms with Crippen LogP contribution in [0, 0.1) is 0 Å². The van der Waals surface area contributed by atoms with Gasteiger partial charge < -0.3 is 4.90 Å². The number of likely N-dealkylation sites (N-methyl/N-ethyl adjacent to an activating group) is 1. The summed E-state index contributed by atoms with van der Waals surface area (Å²) in [6.45, 7) is 3.60. The molecule has 2 amide bonds. The minimum atomic E-state index is -0.242. The van der Waals surface area contributed by atoms with Crippen molar-refractivity contribution in [2.75, 3.05) is 38.5 Å². The third kappa shape index (κ3) is 3.69. The molecule has 0 atom stereocenters. The van der Waals surface area contributed by atoms with Crippen molar-refractivity contribution in [1.82, 2.24) is 20.3 Å². The van der Waals surface area contributed by atoms with E-state index in [9.17, 15) is 4.79 Å². The zero-order valence-electron chi connectivity index (χ0n) is 9.89. The predicted octanol–water partition coefficient (Wildman–Crippen LogP) is 0.365. The van der Waals surface area contributed by atoms with Crippen molar-refractivity contribution in [3.8, 4) is 0 Å². The Morgan fingerprint density at radius 2 is 2.06 bits per heavy atom. The van der Waals surface area contributed by atoms with Crippen LogP contribution in [-0.4, -0.2) is 54.2 Å². The first kappa shape index (κ1) is 11.8. The number of carbonyl (C=O) groups excluding carboxylic acids is 1. The maximum Gasteiger partial charge on any atom is 0.334 e. The highest BCUT2D eigenvalue weighted by Crippen LogP contribution is 2.00. The molecule has 1 aliphatic heterocycles. The number of amides is 2. The summed E-state index contributed by atoms with van der Waals surface area (Å²) in [5.74, 6) is 0.555. The number of pyridine rings is 1. The van der Waals surface area contributed by atoms with E-state index in [-0.39, 0.29) is 6.03 Å². The summed E-state index contributed by atoms with van der Waals surface area (Å²) in [6.07, 6.45) is 1.64. The average molecular weight is 235 g/mol. The van der Waals surface area contributed by atoms with Crippen LogP contribution in [0.1, 0.15) is 0 Å². The van der Waals surface area contributed by atoms with Gasteiger partial charge in [-0.05, 0) is 19.2 Å². The molecule has 17 heavy (non-hydrogen) atoms. The van der Waals surface area contributed by atoms with Crippen LogP contribution in [0.3, 0.4) is 0 Å². The van der Waals surface area contributed by atoms with Crippen molar-refractivity contribution in [3.05, 3.63) is 24.4 Å². The molecule has 1 aromatic rings. The smallest absolute Gasteiger partial charge is 0.304 e. The molecule has 0 unspecified atom stereocenters. The first-order valence-corrected chi connectivity index (χ1v) is 5.66. The number of piperazine rings is 1. The number of hydrogen-bond acceptors (Lipinski definition) is 4. The van der Waals surface area contributed by atoms with E-state index in [0.717, 1.165) is 26.2 Å². The molecule has 0 aromatic carbocycles. The van der Waals surface area contributed by atoms with Crippen LogP contribution in [0.25, 0.3) is 0 Å². The zero-order valence-corrected chi connectivity index (χ0v) is 9.89. The van der Waals surface area contributed by atoms with Gasteiger partial charge in [-0.15, -0.1) is 0 Å². The van der Waals surface area contributed by atoms with Crippen LogP contribution in [-0.2, 0) is 0 Å². The number of hydrazine groups is 1. The first-order valence-electron chi connectivity index (χ1n) is 5.66. The lowest BCUT2D eigenvalue weighted by Gasteiger charge is -2.32. The van der Waals surface area contributed by atoms with Crippen LogP contribution in [0.4, 0.5) is 10.6 Å². The Hall–Kier alpha value is -1.66. The number of nitrogens with one attached hydrogen (secondary N) is 2. The molecular formula is C11H17N5O. The van der Waals surface area contributed by atoms with Crippen molar-refractivity contribution in [2.24, 2.45) is 0 Å². The van der Waals surface area contributed by atoms with Crippen molar-refractivity contribution in [1.29, 1.82) is 0 Å². The van der Waals surface area contributed by atoms with Crippen molar-refractivity contribution in [2.45, 2.75) is 0 Å². The summed E-state index contributed by atoms with van der Waals surface area (Å²) in [5, 5.41) is 4.60. The quantitative estimate of drug-likeness (QED) is 0.777. The van der Waals surface area contributed by atoms with E-state index in [2.05, 4.69) is 27.7 Å². The normalized spacial score (nSPS) is 17.7. The van der Waals surface area contributed by atoms with Gasteiger partial charge in [0.15, 0.2) is 0 Å². The number of rotatable bonds is 2. The van der Waals surface area contributed by atoms with E-state index in [1.165, 1.54) is 0 Å². The van der Waals surface area contributed by atoms with Crippen LogP contribution in [0.15, 0.2) is 24.4 Å². The maximum absolute atomic E-state index is 11.6. The first-order chi connectivity index (χ1) is 8.24. The Labute approximate surface area is 101 Å². The SMILES string of the molecule is CN1CCN(NC(=O)Nc2ccccn2)CC1. The van der Waals surface area contributed by atoms with Gasteiger partial charge in [0.25, 0.3) is 0 Å². The summed E-state index contributed by atoms with van der Waals surface area (Å²) < 4.78 is 0. The Morgan fingerprint density at radius 1 is 1.29 bits per heavy atom. The Bertz CT molecular complexity index is 361. The second-order valence-electron chi connectivity index (χ2n) is 4.07. The number of urea groups is 1. The third-order valence-electron chi connectivity index (χ3n) is 2.67. The molecule has 0 radical (unpaired) electrons. The van der Waals surface area contributed by atoms with E-state index < -0.39 is 0 Å². The van der Waals surface area contributed by atoms with Gasteiger partial charge in [-0.3, -0.25) is 10.7 Å². The third-order valence-corrected chi connectivity index (χ3v) is 2.67. The van der Waals surface area contributed by atoms with E-state index >= 15 is 0 Å². The Balaban J connectivity index is 1.78. The van der Waals surface area contributed by atoms with Crippen molar-refractivity contribution < 1.29 is 4.79 Å². The van der Waals surface area contributed by atoms with Crippen LogP contribution >= 0.6 is 0 Å². The van der Waals surface area contributed by atoms with Crippen molar-refractivity contribution >= 4 is 11.8 Å². The second kappa shape index (κ2) is 5.60. The molecule has 6 heteroatoms. The van der Waals surface area contributed by atoms with Gasteiger partial charge in [0.05, 0.1) is 0 Å². The average Bonchev–Trinajstić information content (AvgIpc) is 2.33. The lowest BCUT2D eigenvalue weighted by Crippen LogP contribution is -2.53. The molecule has 0 bridgehead atoms. The predicted molar refractivity (Wildman–Crippen MR) is 65.5 cm³/mol. The van der Waals surface area contributed by atoms with Gasteiger partial charge in [0.2, 0.25) is 0 Å². The van der Waals surface area contributed by atoms with E-state index in [1.807, 2.05) is 17.1 Å². The molecule has 6 nitrogen and oxygen atoms in total. The summed E-state index contributed by atoms with van der Waals surface area (Å²) in [6, 6.07) is 5.15. The molecule has 0 spiro atoms. The summed E-state index contributed by atoms with van der Waals surface area (Å²) in [7, 11) is 2.07. The summed E-state index contributed by atoms with van der Waals surface area (Å²) in [4.78, 5) is 17.9. The maximum atomic E-state index is 11.6. The molecule has 1 aromatic heterocycles. The molecule has 92 valence electrons. The molecule has 2 rings (SSSR count). The van der Waals surface area contributed by atoms with Gasteiger partial charge in [0, 0.05) is 32.4 Å². The standard InChI is InChI=1S/C11H17N5O/c1-15-6-8-16(9-7-15)14-11(17)13-10-4-2-3-5-12-10/h2-5H,6-9H2,1H3,(H2,12,13,14,17). The highest BCUT2D eigenvalue weighted by Gasteiger charge is 2.15. The Kier molecular flexibility index (Phi) is 3.89. The lowest BCUT2D eigenvalue weighted by molar-refractivity contribution is 0.116. The highest BCUT2D eigenvalue weighted by atomic mass is 16.2. The molecule has 1 aliphatic rings. The molecule has 1 saturated heterocycles. The lowest BCUT2D eigenvalue weighted by atomic mass is 10.4. The molecule has 0 aliphatic carbocycles. The van der Waals surface area contributed by atoms with Gasteiger partial charge >= 0.3 is 6.03 Å². The fourth-order valence-electron chi connectivity index (χ4n) is 1.64. The van der Waals surface area contributed by atoms with Crippen LogP contribution in [0.2, 0.25) is 0 Å². The Morgan fingerprint density at radius 3 is 2.71 bits per heavy atom.